The van der Waals surface area contributed by atoms with E-state index >= 15 is 0 Å². The van der Waals surface area contributed by atoms with Gasteiger partial charge in [0.05, 0.1) is 15.5 Å². The van der Waals surface area contributed by atoms with E-state index in [0.29, 0.717) is 23.6 Å². The average molecular weight is 327 g/mol. The molecule has 0 saturated carbocycles. The van der Waals surface area contributed by atoms with Crippen molar-refractivity contribution in [2.45, 2.75) is 32.8 Å². The maximum atomic E-state index is 11.4. The number of amides is 1. The molecule has 1 rings (SSSR count). The summed E-state index contributed by atoms with van der Waals surface area (Å²) in [6.07, 6.45) is 3.30. The standard InChI is InChI=1S/C15H19ClN2O4/c1-15(2,3)22-14(19)17-10-5-4-7-11-12(16)8-6-9-13(11)18(20)21/h4,6-9H,5,10H2,1-3H3,(H,17,19). The van der Waals surface area contributed by atoms with E-state index in [9.17, 15) is 14.9 Å². The summed E-state index contributed by atoms with van der Waals surface area (Å²) < 4.78 is 5.09. The Kier molecular flexibility index (Phi) is 6.37. The highest BCUT2D eigenvalue weighted by atomic mass is 35.5. The van der Waals surface area contributed by atoms with Gasteiger partial charge in [0.15, 0.2) is 0 Å². The zero-order valence-electron chi connectivity index (χ0n) is 12.8. The summed E-state index contributed by atoms with van der Waals surface area (Å²) in [7, 11) is 0. The summed E-state index contributed by atoms with van der Waals surface area (Å²) in [6, 6.07) is 4.51. The Balaban J connectivity index is 2.54. The highest BCUT2D eigenvalue weighted by Gasteiger charge is 2.15. The first kappa shape index (κ1) is 18.0. The van der Waals surface area contributed by atoms with Gasteiger partial charge in [0, 0.05) is 12.6 Å². The van der Waals surface area contributed by atoms with Gasteiger partial charge < -0.3 is 10.1 Å². The smallest absolute Gasteiger partial charge is 0.407 e. The number of benzene rings is 1. The lowest BCUT2D eigenvalue weighted by molar-refractivity contribution is -0.385. The van der Waals surface area contributed by atoms with Gasteiger partial charge in [-0.25, -0.2) is 4.79 Å². The minimum atomic E-state index is -0.544. The monoisotopic (exact) mass is 326 g/mol. The van der Waals surface area contributed by atoms with E-state index < -0.39 is 16.6 Å². The first-order valence-corrected chi connectivity index (χ1v) is 7.15. The van der Waals surface area contributed by atoms with Gasteiger partial charge in [-0.05, 0) is 33.3 Å². The summed E-state index contributed by atoms with van der Waals surface area (Å²) >= 11 is 5.96. The molecular weight excluding hydrogens is 308 g/mol. The lowest BCUT2D eigenvalue weighted by Gasteiger charge is -2.19. The van der Waals surface area contributed by atoms with Gasteiger partial charge in [-0.3, -0.25) is 10.1 Å². The van der Waals surface area contributed by atoms with Crippen LogP contribution >= 0.6 is 11.6 Å². The first-order valence-electron chi connectivity index (χ1n) is 6.77. The van der Waals surface area contributed by atoms with Crippen LogP contribution in [0.3, 0.4) is 0 Å². The summed E-state index contributed by atoms with van der Waals surface area (Å²) in [5.41, 5.74) is -0.242. The second-order valence-corrected chi connectivity index (χ2v) is 5.96. The molecule has 1 N–H and O–H groups in total. The molecule has 1 aromatic rings. The van der Waals surface area contributed by atoms with Gasteiger partial charge in [-0.15, -0.1) is 0 Å². The number of ether oxygens (including phenoxy) is 1. The van der Waals surface area contributed by atoms with E-state index in [1.165, 1.54) is 12.1 Å². The number of nitrogens with zero attached hydrogens (tertiary/aromatic N) is 1. The molecule has 7 heteroatoms. The molecule has 0 bridgehead atoms. The molecular formula is C15H19ClN2O4. The predicted molar refractivity (Wildman–Crippen MR) is 86.0 cm³/mol. The number of nitro benzene ring substituents is 1. The maximum Gasteiger partial charge on any atom is 0.407 e. The number of hydrogen-bond donors (Lipinski definition) is 1. The SMILES string of the molecule is CC(C)(C)OC(=O)NCCC=Cc1c(Cl)cccc1[N+](=O)[O-]. The van der Waals surface area contributed by atoms with Gasteiger partial charge in [-0.2, -0.15) is 0 Å². The summed E-state index contributed by atoms with van der Waals surface area (Å²) in [4.78, 5) is 21.9. The largest absolute Gasteiger partial charge is 0.444 e. The molecule has 0 fully saturated rings. The minimum absolute atomic E-state index is 0.0520. The molecule has 0 aliphatic carbocycles. The van der Waals surface area contributed by atoms with Gasteiger partial charge >= 0.3 is 6.09 Å². The third-order valence-corrected chi connectivity index (χ3v) is 2.82. The summed E-state index contributed by atoms with van der Waals surface area (Å²) in [5, 5.41) is 13.8. The Bertz CT molecular complexity index is 579. The van der Waals surface area contributed by atoms with Crippen molar-refractivity contribution in [1.29, 1.82) is 0 Å². The minimum Gasteiger partial charge on any atom is -0.444 e. The van der Waals surface area contributed by atoms with Crippen LogP contribution in [-0.4, -0.2) is 23.2 Å². The van der Waals surface area contributed by atoms with Gasteiger partial charge in [0.2, 0.25) is 0 Å². The third-order valence-electron chi connectivity index (χ3n) is 2.49. The normalized spacial score (nSPS) is 11.5. The van der Waals surface area contributed by atoms with Crippen molar-refractivity contribution < 1.29 is 14.5 Å². The Hall–Kier alpha value is -2.08. The van der Waals surface area contributed by atoms with Crippen LogP contribution in [0.15, 0.2) is 24.3 Å². The molecule has 0 aromatic heterocycles. The number of alkyl carbamates (subject to hydrolysis) is 1. The lowest BCUT2D eigenvalue weighted by atomic mass is 10.1. The number of nitro groups is 1. The van der Waals surface area contributed by atoms with E-state index in [0.717, 1.165) is 0 Å². The fourth-order valence-corrected chi connectivity index (χ4v) is 1.86. The number of nitrogens with one attached hydrogen (secondary N) is 1. The van der Waals surface area contributed by atoms with Crippen LogP contribution in [0, 0.1) is 10.1 Å². The second kappa shape index (κ2) is 7.79. The molecule has 0 atom stereocenters. The molecule has 1 aromatic carbocycles. The Labute approximate surface area is 134 Å². The summed E-state index contributed by atoms with van der Waals surface area (Å²) in [5.74, 6) is 0. The Morgan fingerprint density at radius 2 is 2.14 bits per heavy atom. The molecule has 0 heterocycles. The van der Waals surface area contributed by atoms with E-state index in [1.807, 2.05) is 0 Å². The number of rotatable bonds is 5. The van der Waals surface area contributed by atoms with Crippen LogP contribution < -0.4 is 5.32 Å². The van der Waals surface area contributed by atoms with Crippen LogP contribution in [-0.2, 0) is 4.74 Å². The molecule has 0 aliphatic rings. The maximum absolute atomic E-state index is 11.4. The molecule has 0 spiro atoms. The lowest BCUT2D eigenvalue weighted by Crippen LogP contribution is -2.32. The molecule has 0 radical (unpaired) electrons. The van der Waals surface area contributed by atoms with E-state index in [4.69, 9.17) is 16.3 Å². The van der Waals surface area contributed by atoms with Gasteiger partial charge in [0.1, 0.15) is 5.60 Å². The fraction of sp³-hybridized carbons (Fsp3) is 0.400. The van der Waals surface area contributed by atoms with Crippen molar-refractivity contribution in [2.24, 2.45) is 0 Å². The molecule has 6 nitrogen and oxygen atoms in total. The van der Waals surface area contributed by atoms with Crippen molar-refractivity contribution in [2.75, 3.05) is 6.54 Å². The number of carbonyl (C=O) groups excluding carboxylic acids is 1. The van der Waals surface area contributed by atoms with Crippen molar-refractivity contribution in [1.82, 2.24) is 5.32 Å². The predicted octanol–water partition coefficient (Wildman–Crippen LogP) is 4.18. The van der Waals surface area contributed by atoms with E-state index in [-0.39, 0.29) is 5.69 Å². The molecule has 120 valence electrons. The van der Waals surface area contributed by atoms with Gasteiger partial charge in [-0.1, -0.05) is 29.8 Å². The molecule has 0 aliphatic heterocycles. The Morgan fingerprint density at radius 1 is 1.45 bits per heavy atom. The van der Waals surface area contributed by atoms with Gasteiger partial charge in [0.25, 0.3) is 5.69 Å². The molecule has 1 amide bonds. The zero-order valence-corrected chi connectivity index (χ0v) is 13.5. The quantitative estimate of drug-likeness (QED) is 0.500. The molecule has 0 unspecified atom stereocenters. The number of carbonyl (C=O) groups is 1. The van der Waals surface area contributed by atoms with Crippen LogP contribution in [0.4, 0.5) is 10.5 Å². The molecule has 0 saturated heterocycles. The highest BCUT2D eigenvalue weighted by molar-refractivity contribution is 6.32. The van der Waals surface area contributed by atoms with Crippen molar-refractivity contribution in [3.63, 3.8) is 0 Å². The number of hydrogen-bond acceptors (Lipinski definition) is 4. The topological polar surface area (TPSA) is 81.5 Å². The number of halogens is 1. The van der Waals surface area contributed by atoms with Crippen LogP contribution in [0.1, 0.15) is 32.8 Å². The first-order chi connectivity index (χ1) is 10.2. The van der Waals surface area contributed by atoms with E-state index in [2.05, 4.69) is 5.32 Å². The summed E-state index contributed by atoms with van der Waals surface area (Å²) in [6.45, 7) is 5.71. The molecule has 22 heavy (non-hydrogen) atoms. The van der Waals surface area contributed by atoms with Crippen molar-refractivity contribution >= 4 is 29.5 Å². The van der Waals surface area contributed by atoms with Crippen LogP contribution in [0.2, 0.25) is 5.02 Å². The van der Waals surface area contributed by atoms with E-state index in [1.54, 1.807) is 39.0 Å². The second-order valence-electron chi connectivity index (χ2n) is 5.55. The van der Waals surface area contributed by atoms with Crippen LogP contribution in [0.5, 0.6) is 0 Å². The highest BCUT2D eigenvalue weighted by Crippen LogP contribution is 2.27. The van der Waals surface area contributed by atoms with Crippen molar-refractivity contribution in [3.05, 3.63) is 45.0 Å². The fourth-order valence-electron chi connectivity index (χ4n) is 1.62. The van der Waals surface area contributed by atoms with Crippen molar-refractivity contribution in [3.8, 4) is 0 Å². The zero-order chi connectivity index (χ0) is 16.8. The van der Waals surface area contributed by atoms with Crippen LogP contribution in [0.25, 0.3) is 6.08 Å². The average Bonchev–Trinajstić information content (AvgIpc) is 2.37. The Morgan fingerprint density at radius 3 is 2.73 bits per heavy atom. The third kappa shape index (κ3) is 6.13.